The molecule has 0 spiro atoms. The van der Waals surface area contributed by atoms with Crippen LogP contribution < -0.4 is 10.1 Å². The number of ether oxygens (including phenoxy) is 1. The fourth-order valence-corrected chi connectivity index (χ4v) is 2.21. The van der Waals surface area contributed by atoms with Gasteiger partial charge in [-0.25, -0.2) is 9.18 Å². The van der Waals surface area contributed by atoms with Gasteiger partial charge in [0, 0.05) is 13.1 Å². The third kappa shape index (κ3) is 4.45. The van der Waals surface area contributed by atoms with E-state index in [1.54, 1.807) is 31.2 Å². The van der Waals surface area contributed by atoms with Crippen molar-refractivity contribution in [2.45, 2.75) is 19.4 Å². The maximum Gasteiger partial charge on any atom is 0.321 e. The summed E-state index contributed by atoms with van der Waals surface area (Å²) in [5.74, 6) is 0.351. The number of amides is 2. The van der Waals surface area contributed by atoms with E-state index in [1.807, 2.05) is 31.2 Å². The number of hydrogen-bond donors (Lipinski definition) is 1. The van der Waals surface area contributed by atoms with Crippen LogP contribution in [-0.4, -0.2) is 31.1 Å². The van der Waals surface area contributed by atoms with Crippen molar-refractivity contribution in [2.24, 2.45) is 0 Å². The molecule has 0 fully saturated rings. The van der Waals surface area contributed by atoms with Crippen LogP contribution in [-0.2, 0) is 6.42 Å². The lowest BCUT2D eigenvalue weighted by atomic mass is 10.1. The van der Waals surface area contributed by atoms with E-state index in [1.165, 1.54) is 12.1 Å². The number of halogens is 1. The maximum atomic E-state index is 13.6. The van der Waals surface area contributed by atoms with Crippen LogP contribution in [0.25, 0.3) is 0 Å². The van der Waals surface area contributed by atoms with Gasteiger partial charge in [0.2, 0.25) is 0 Å². The average Bonchev–Trinajstić information content (AvgIpc) is 2.56. The van der Waals surface area contributed by atoms with Crippen LogP contribution in [0, 0.1) is 5.82 Å². The number of nitrogens with zero attached hydrogens (tertiary/aromatic N) is 1. The first-order valence-electron chi connectivity index (χ1n) is 7.42. The first-order valence-corrected chi connectivity index (χ1v) is 7.42. The minimum Gasteiger partial charge on any atom is -0.497 e. The zero-order chi connectivity index (χ0) is 16.8. The van der Waals surface area contributed by atoms with Gasteiger partial charge in [-0.05, 0) is 43.2 Å². The summed E-state index contributed by atoms with van der Waals surface area (Å²) in [6.45, 7) is 1.95. The topological polar surface area (TPSA) is 41.6 Å². The number of nitrogens with one attached hydrogen (secondary N) is 1. The molecular weight excluding hydrogens is 295 g/mol. The Kier molecular flexibility index (Phi) is 5.57. The number of likely N-dealkylation sites (N-methyl/N-ethyl adjacent to an activating group) is 1. The lowest BCUT2D eigenvalue weighted by Gasteiger charge is -2.25. The molecule has 0 unspecified atom stereocenters. The highest BCUT2D eigenvalue weighted by atomic mass is 19.1. The Morgan fingerprint density at radius 1 is 1.22 bits per heavy atom. The average molecular weight is 316 g/mol. The van der Waals surface area contributed by atoms with E-state index in [0.717, 1.165) is 11.3 Å². The van der Waals surface area contributed by atoms with Gasteiger partial charge in [-0.3, -0.25) is 0 Å². The molecule has 1 N–H and O–H groups in total. The van der Waals surface area contributed by atoms with Crippen LogP contribution in [0.5, 0.6) is 5.75 Å². The first kappa shape index (κ1) is 16.8. The first-order chi connectivity index (χ1) is 11.0. The third-order valence-electron chi connectivity index (χ3n) is 3.79. The van der Waals surface area contributed by atoms with Crippen molar-refractivity contribution in [3.63, 3.8) is 0 Å². The Morgan fingerprint density at radius 3 is 2.48 bits per heavy atom. The van der Waals surface area contributed by atoms with E-state index in [9.17, 15) is 9.18 Å². The van der Waals surface area contributed by atoms with E-state index >= 15 is 0 Å². The molecule has 5 heteroatoms. The molecule has 0 aromatic heterocycles. The second-order valence-electron chi connectivity index (χ2n) is 5.42. The minimum atomic E-state index is -0.447. The summed E-state index contributed by atoms with van der Waals surface area (Å²) in [6.07, 6.45) is 0.700. The molecule has 0 bridgehead atoms. The highest BCUT2D eigenvalue weighted by molar-refractivity contribution is 5.89. The smallest absolute Gasteiger partial charge is 0.321 e. The highest BCUT2D eigenvalue weighted by Crippen LogP contribution is 2.16. The van der Waals surface area contributed by atoms with Gasteiger partial charge >= 0.3 is 6.03 Å². The molecule has 0 aliphatic rings. The van der Waals surface area contributed by atoms with Crippen LogP contribution >= 0.6 is 0 Å². The van der Waals surface area contributed by atoms with Crippen molar-refractivity contribution in [1.29, 1.82) is 0 Å². The number of methoxy groups -OCH3 is 1. The highest BCUT2D eigenvalue weighted by Gasteiger charge is 2.17. The van der Waals surface area contributed by atoms with Crippen LogP contribution in [0.1, 0.15) is 12.5 Å². The predicted molar refractivity (Wildman–Crippen MR) is 89.3 cm³/mol. The number of benzene rings is 2. The second kappa shape index (κ2) is 7.63. The molecule has 0 aliphatic heterocycles. The van der Waals surface area contributed by atoms with Crippen molar-refractivity contribution in [2.75, 3.05) is 19.5 Å². The molecule has 2 aromatic rings. The number of urea groups is 1. The van der Waals surface area contributed by atoms with Crippen molar-refractivity contribution < 1.29 is 13.9 Å². The summed E-state index contributed by atoms with van der Waals surface area (Å²) in [5, 5.41) is 2.59. The van der Waals surface area contributed by atoms with Gasteiger partial charge in [0.05, 0.1) is 12.8 Å². The Labute approximate surface area is 135 Å². The molecule has 0 saturated carbocycles. The summed E-state index contributed by atoms with van der Waals surface area (Å²) in [6, 6.07) is 13.5. The summed E-state index contributed by atoms with van der Waals surface area (Å²) >= 11 is 0. The van der Waals surface area contributed by atoms with Gasteiger partial charge in [0.25, 0.3) is 0 Å². The monoisotopic (exact) mass is 316 g/mol. The van der Waals surface area contributed by atoms with Crippen LogP contribution in [0.3, 0.4) is 0 Å². The second-order valence-corrected chi connectivity index (χ2v) is 5.42. The predicted octanol–water partition coefficient (Wildman–Crippen LogP) is 3.93. The van der Waals surface area contributed by atoms with Crippen molar-refractivity contribution >= 4 is 11.7 Å². The van der Waals surface area contributed by atoms with Gasteiger partial charge in [-0.2, -0.15) is 0 Å². The molecule has 1 atom stereocenters. The SMILES string of the molecule is COc1ccc(C[C@@H](C)N(C)C(=O)Nc2ccccc2F)cc1. The van der Waals surface area contributed by atoms with Gasteiger partial charge in [0.1, 0.15) is 11.6 Å². The lowest BCUT2D eigenvalue weighted by molar-refractivity contribution is 0.207. The molecular formula is C18H21FN2O2. The number of anilines is 1. The molecule has 122 valence electrons. The van der Waals surface area contributed by atoms with E-state index in [2.05, 4.69) is 5.32 Å². The number of hydrogen-bond acceptors (Lipinski definition) is 2. The van der Waals surface area contributed by atoms with Crippen LogP contribution in [0.15, 0.2) is 48.5 Å². The standard InChI is InChI=1S/C18H21FN2O2/c1-13(12-14-8-10-15(23-3)11-9-14)21(2)18(22)20-17-7-5-4-6-16(17)19/h4-11,13H,12H2,1-3H3,(H,20,22)/t13-/m1/s1. The number of carbonyl (C=O) groups excluding carboxylic acids is 1. The van der Waals surface area contributed by atoms with E-state index in [-0.39, 0.29) is 17.8 Å². The van der Waals surface area contributed by atoms with E-state index in [0.29, 0.717) is 6.42 Å². The summed E-state index contributed by atoms with van der Waals surface area (Å²) in [4.78, 5) is 13.8. The van der Waals surface area contributed by atoms with Gasteiger partial charge in [-0.15, -0.1) is 0 Å². The Morgan fingerprint density at radius 2 is 1.87 bits per heavy atom. The Balaban J connectivity index is 1.96. The van der Waals surface area contributed by atoms with E-state index < -0.39 is 5.82 Å². The molecule has 2 amide bonds. The van der Waals surface area contributed by atoms with Gasteiger partial charge in [-0.1, -0.05) is 24.3 Å². The molecule has 4 nitrogen and oxygen atoms in total. The number of carbonyl (C=O) groups is 1. The van der Waals surface area contributed by atoms with E-state index in [4.69, 9.17) is 4.74 Å². The van der Waals surface area contributed by atoms with Crippen LogP contribution in [0.2, 0.25) is 0 Å². The molecule has 0 saturated heterocycles. The number of rotatable bonds is 5. The fraction of sp³-hybridized carbons (Fsp3) is 0.278. The third-order valence-corrected chi connectivity index (χ3v) is 3.79. The Bertz CT molecular complexity index is 658. The molecule has 0 radical (unpaired) electrons. The molecule has 0 heterocycles. The fourth-order valence-electron chi connectivity index (χ4n) is 2.21. The van der Waals surface area contributed by atoms with Crippen molar-refractivity contribution in [3.05, 3.63) is 59.9 Å². The lowest BCUT2D eigenvalue weighted by Crippen LogP contribution is -2.39. The molecule has 0 aliphatic carbocycles. The van der Waals surface area contributed by atoms with Gasteiger partial charge in [0.15, 0.2) is 0 Å². The summed E-state index contributed by atoms with van der Waals surface area (Å²) < 4.78 is 18.7. The quantitative estimate of drug-likeness (QED) is 0.908. The Hall–Kier alpha value is -2.56. The zero-order valence-corrected chi connectivity index (χ0v) is 13.5. The summed E-state index contributed by atoms with van der Waals surface area (Å²) in [5.41, 5.74) is 1.28. The summed E-state index contributed by atoms with van der Waals surface area (Å²) in [7, 11) is 3.32. The van der Waals surface area contributed by atoms with Gasteiger partial charge < -0.3 is 15.0 Å². The van der Waals surface area contributed by atoms with Crippen molar-refractivity contribution in [1.82, 2.24) is 4.90 Å². The zero-order valence-electron chi connectivity index (χ0n) is 13.5. The van der Waals surface area contributed by atoms with Crippen molar-refractivity contribution in [3.8, 4) is 5.75 Å². The molecule has 2 aromatic carbocycles. The molecule has 2 rings (SSSR count). The normalized spacial score (nSPS) is 11.7. The molecule has 23 heavy (non-hydrogen) atoms. The largest absolute Gasteiger partial charge is 0.497 e. The minimum absolute atomic E-state index is 0.0323. The number of para-hydroxylation sites is 1. The van der Waals surface area contributed by atoms with Crippen LogP contribution in [0.4, 0.5) is 14.9 Å². The maximum absolute atomic E-state index is 13.6.